The van der Waals surface area contributed by atoms with Gasteiger partial charge >= 0.3 is 0 Å². The minimum atomic E-state index is -3.61. The fraction of sp³-hybridized carbons (Fsp3) is 0.333. The number of anilines is 2. The van der Waals surface area contributed by atoms with E-state index in [4.69, 9.17) is 23.2 Å². The first-order valence-corrected chi connectivity index (χ1v) is 12.1. The second kappa shape index (κ2) is 9.99. The van der Waals surface area contributed by atoms with E-state index in [1.54, 1.807) is 42.5 Å². The number of piperidine rings is 1. The molecule has 1 saturated heterocycles. The summed E-state index contributed by atoms with van der Waals surface area (Å²) in [6, 6.07) is 11.7. The van der Waals surface area contributed by atoms with Crippen molar-refractivity contribution in [1.29, 1.82) is 0 Å². The smallest absolute Gasteiger partial charge is 0.227 e. The first-order chi connectivity index (χ1) is 14.7. The van der Waals surface area contributed by atoms with Gasteiger partial charge < -0.3 is 10.6 Å². The molecular formula is C21H23Cl2N3O4S. The standard InChI is InChI=1S/C21H23Cl2N3O4S/c1-14(27)24-16-5-7-17(8-6-16)25-21(28)15-9-11-26(12-10-15)31(29,30)13-18-19(22)3-2-4-20(18)23/h2-8,15H,9-13H2,1H3,(H,24,27)(H,25,28). The van der Waals surface area contributed by atoms with E-state index < -0.39 is 10.0 Å². The minimum absolute atomic E-state index is 0.154. The zero-order valence-corrected chi connectivity index (χ0v) is 19.2. The van der Waals surface area contributed by atoms with Crippen molar-refractivity contribution in [3.63, 3.8) is 0 Å². The minimum Gasteiger partial charge on any atom is -0.326 e. The molecule has 2 aromatic rings. The van der Waals surface area contributed by atoms with Gasteiger partial charge in [0.15, 0.2) is 0 Å². The Morgan fingerprint density at radius 1 is 0.968 bits per heavy atom. The molecular weight excluding hydrogens is 461 g/mol. The zero-order valence-electron chi connectivity index (χ0n) is 16.9. The number of nitrogens with zero attached hydrogens (tertiary/aromatic N) is 1. The Morgan fingerprint density at radius 3 is 2.00 bits per heavy atom. The summed E-state index contributed by atoms with van der Waals surface area (Å²) in [4.78, 5) is 23.7. The highest BCUT2D eigenvalue weighted by Gasteiger charge is 2.32. The maximum atomic E-state index is 12.8. The number of hydrogen-bond donors (Lipinski definition) is 2. The lowest BCUT2D eigenvalue weighted by atomic mass is 9.97. The van der Waals surface area contributed by atoms with Crippen LogP contribution in [0.25, 0.3) is 0 Å². The van der Waals surface area contributed by atoms with Crippen LogP contribution in [-0.2, 0) is 25.4 Å². The number of nitrogens with one attached hydrogen (secondary N) is 2. The van der Waals surface area contributed by atoms with Gasteiger partial charge in [-0.2, -0.15) is 0 Å². The van der Waals surface area contributed by atoms with Crippen molar-refractivity contribution < 1.29 is 18.0 Å². The largest absolute Gasteiger partial charge is 0.326 e. The lowest BCUT2D eigenvalue weighted by Gasteiger charge is -2.30. The molecule has 1 fully saturated rings. The summed E-state index contributed by atoms with van der Waals surface area (Å²) in [5.41, 5.74) is 1.64. The van der Waals surface area contributed by atoms with E-state index in [1.807, 2.05) is 0 Å². The molecule has 0 aromatic heterocycles. The van der Waals surface area contributed by atoms with Crippen LogP contribution in [0, 0.1) is 5.92 Å². The Morgan fingerprint density at radius 2 is 1.48 bits per heavy atom. The third kappa shape index (κ3) is 6.20. The molecule has 2 aromatic carbocycles. The zero-order chi connectivity index (χ0) is 22.6. The number of halogens is 2. The van der Waals surface area contributed by atoms with Crippen LogP contribution in [0.5, 0.6) is 0 Å². The molecule has 1 heterocycles. The molecule has 10 heteroatoms. The van der Waals surface area contributed by atoms with E-state index in [0.29, 0.717) is 39.8 Å². The lowest BCUT2D eigenvalue weighted by molar-refractivity contribution is -0.121. The first kappa shape index (κ1) is 23.5. The van der Waals surface area contributed by atoms with E-state index in [1.165, 1.54) is 11.2 Å². The number of amides is 2. The Kier molecular flexibility index (Phi) is 7.59. The molecule has 166 valence electrons. The van der Waals surface area contributed by atoms with Crippen molar-refractivity contribution in [2.45, 2.75) is 25.5 Å². The fourth-order valence-electron chi connectivity index (χ4n) is 3.42. The van der Waals surface area contributed by atoms with Crippen LogP contribution < -0.4 is 10.6 Å². The summed E-state index contributed by atoms with van der Waals surface area (Å²) < 4.78 is 27.0. The Balaban J connectivity index is 1.56. The maximum absolute atomic E-state index is 12.8. The van der Waals surface area contributed by atoms with Crippen molar-refractivity contribution in [2.24, 2.45) is 5.92 Å². The van der Waals surface area contributed by atoms with Crippen molar-refractivity contribution in [2.75, 3.05) is 23.7 Å². The summed E-state index contributed by atoms with van der Waals surface area (Å²) in [5.74, 6) is -0.887. The first-order valence-electron chi connectivity index (χ1n) is 9.75. The van der Waals surface area contributed by atoms with Crippen molar-refractivity contribution >= 4 is 56.4 Å². The molecule has 0 aliphatic carbocycles. The molecule has 2 amide bonds. The molecule has 2 N–H and O–H groups in total. The highest BCUT2D eigenvalue weighted by molar-refractivity contribution is 7.88. The predicted molar refractivity (Wildman–Crippen MR) is 123 cm³/mol. The number of sulfonamides is 1. The normalized spacial score (nSPS) is 15.5. The average molecular weight is 484 g/mol. The monoisotopic (exact) mass is 483 g/mol. The summed E-state index contributed by atoms with van der Waals surface area (Å²) in [6.45, 7) is 1.93. The second-order valence-electron chi connectivity index (χ2n) is 7.38. The second-order valence-corrected chi connectivity index (χ2v) is 10.2. The summed E-state index contributed by atoms with van der Waals surface area (Å²) in [5, 5.41) is 6.14. The maximum Gasteiger partial charge on any atom is 0.227 e. The third-order valence-electron chi connectivity index (χ3n) is 5.08. The highest BCUT2D eigenvalue weighted by atomic mass is 35.5. The van der Waals surface area contributed by atoms with Crippen molar-refractivity contribution in [1.82, 2.24) is 4.31 Å². The highest BCUT2D eigenvalue weighted by Crippen LogP contribution is 2.29. The van der Waals surface area contributed by atoms with Gasteiger partial charge in [-0.3, -0.25) is 9.59 Å². The van der Waals surface area contributed by atoms with E-state index in [0.717, 1.165) is 0 Å². The number of carbonyl (C=O) groups excluding carboxylic acids is 2. The fourth-order valence-corrected chi connectivity index (χ4v) is 5.74. The third-order valence-corrected chi connectivity index (χ3v) is 7.59. The molecule has 0 atom stereocenters. The Labute approximate surface area is 191 Å². The van der Waals surface area contributed by atoms with Gasteiger partial charge in [0.05, 0.1) is 5.75 Å². The van der Waals surface area contributed by atoms with Gasteiger partial charge in [0.1, 0.15) is 0 Å². The molecule has 0 radical (unpaired) electrons. The SMILES string of the molecule is CC(=O)Nc1ccc(NC(=O)C2CCN(S(=O)(=O)Cc3c(Cl)cccc3Cl)CC2)cc1. The van der Waals surface area contributed by atoms with Crippen LogP contribution in [-0.4, -0.2) is 37.6 Å². The van der Waals surface area contributed by atoms with E-state index in [2.05, 4.69) is 10.6 Å². The molecule has 1 aliphatic heterocycles. The van der Waals surface area contributed by atoms with Crippen LogP contribution in [0.1, 0.15) is 25.3 Å². The molecule has 0 unspecified atom stereocenters. The van der Waals surface area contributed by atoms with Gasteiger partial charge in [0.2, 0.25) is 21.8 Å². The molecule has 0 bridgehead atoms. The van der Waals surface area contributed by atoms with Gasteiger partial charge in [0.25, 0.3) is 0 Å². The predicted octanol–water partition coefficient (Wildman–Crippen LogP) is 4.13. The molecule has 0 spiro atoms. The molecule has 1 aliphatic rings. The number of hydrogen-bond acceptors (Lipinski definition) is 4. The average Bonchev–Trinajstić information content (AvgIpc) is 2.72. The molecule has 31 heavy (non-hydrogen) atoms. The van der Waals surface area contributed by atoms with Gasteiger partial charge in [0, 0.05) is 52.9 Å². The summed E-state index contributed by atoms with van der Waals surface area (Å²) in [6.07, 6.45) is 0.844. The quantitative estimate of drug-likeness (QED) is 0.645. The van der Waals surface area contributed by atoms with E-state index >= 15 is 0 Å². The number of rotatable bonds is 6. The van der Waals surface area contributed by atoms with Gasteiger partial charge in [-0.15, -0.1) is 0 Å². The van der Waals surface area contributed by atoms with Gasteiger partial charge in [-0.05, 0) is 49.2 Å². The van der Waals surface area contributed by atoms with Gasteiger partial charge in [-0.25, -0.2) is 12.7 Å². The topological polar surface area (TPSA) is 95.6 Å². The Hall–Kier alpha value is -2.13. The van der Waals surface area contributed by atoms with Crippen molar-refractivity contribution in [3.05, 3.63) is 58.1 Å². The van der Waals surface area contributed by atoms with Crippen LogP contribution >= 0.6 is 23.2 Å². The van der Waals surface area contributed by atoms with Crippen LogP contribution in [0.3, 0.4) is 0 Å². The van der Waals surface area contributed by atoms with Crippen LogP contribution in [0.4, 0.5) is 11.4 Å². The molecule has 7 nitrogen and oxygen atoms in total. The summed E-state index contributed by atoms with van der Waals surface area (Å²) >= 11 is 12.2. The van der Waals surface area contributed by atoms with Gasteiger partial charge in [-0.1, -0.05) is 29.3 Å². The van der Waals surface area contributed by atoms with E-state index in [9.17, 15) is 18.0 Å². The molecule has 0 saturated carbocycles. The van der Waals surface area contributed by atoms with E-state index in [-0.39, 0.29) is 36.6 Å². The molecule has 3 rings (SSSR count). The number of benzene rings is 2. The van der Waals surface area contributed by atoms with Crippen LogP contribution in [0.15, 0.2) is 42.5 Å². The summed E-state index contributed by atoms with van der Waals surface area (Å²) in [7, 11) is -3.61. The Bertz CT molecular complexity index is 1050. The number of carbonyl (C=O) groups is 2. The van der Waals surface area contributed by atoms with Crippen LogP contribution in [0.2, 0.25) is 10.0 Å². The lowest BCUT2D eigenvalue weighted by Crippen LogP contribution is -2.41. The van der Waals surface area contributed by atoms with Crippen molar-refractivity contribution in [3.8, 4) is 0 Å².